The highest BCUT2D eigenvalue weighted by atomic mass is 32.1. The second kappa shape index (κ2) is 1.38. The first kappa shape index (κ1) is 4.39. The van der Waals surface area contributed by atoms with Crippen molar-refractivity contribution in [3.63, 3.8) is 0 Å². The van der Waals surface area contributed by atoms with Gasteiger partial charge >= 0.3 is 5.97 Å². The van der Waals surface area contributed by atoms with Gasteiger partial charge in [0.2, 0.25) is 0 Å². The number of carbonyl (C=O) groups is 1. The lowest BCUT2D eigenvalue weighted by molar-refractivity contribution is 0.0691. The van der Waals surface area contributed by atoms with E-state index < -0.39 is 5.97 Å². The number of aromatic carboxylic acids is 1. The molecule has 4 heteroatoms. The van der Waals surface area contributed by atoms with Gasteiger partial charge in [0.25, 0.3) is 0 Å². The Kier molecular flexibility index (Phi) is 0.867. The molecular formula is C3H3NO2S. The van der Waals surface area contributed by atoms with Crippen LogP contribution in [-0.4, -0.2) is 15.4 Å². The van der Waals surface area contributed by atoms with E-state index >= 15 is 0 Å². The number of hydrogen-bond donors (Lipinski definition) is 2. The number of nitrogens with one attached hydrogen (secondary N) is 1. The molecule has 0 saturated heterocycles. The van der Waals surface area contributed by atoms with Crippen molar-refractivity contribution in [1.82, 2.24) is 4.37 Å². The van der Waals surface area contributed by atoms with Crippen LogP contribution in [0.4, 0.5) is 0 Å². The van der Waals surface area contributed by atoms with Crippen molar-refractivity contribution in [2.75, 3.05) is 0 Å². The molecule has 0 fully saturated rings. The summed E-state index contributed by atoms with van der Waals surface area (Å²) in [7, 11) is 0. The second-order valence-corrected chi connectivity index (χ2v) is 1.73. The van der Waals surface area contributed by atoms with Gasteiger partial charge in [0.15, 0.2) is 0 Å². The molecule has 0 atom stereocenters. The number of rotatable bonds is 1. The van der Waals surface area contributed by atoms with Crippen molar-refractivity contribution < 1.29 is 9.90 Å². The van der Waals surface area contributed by atoms with Gasteiger partial charge in [-0.15, -0.1) is 0 Å². The van der Waals surface area contributed by atoms with Crippen LogP contribution in [0, 0.1) is 0 Å². The summed E-state index contributed by atoms with van der Waals surface area (Å²) < 4.78 is 2.52. The third-order valence-electron chi connectivity index (χ3n) is 0.576. The Morgan fingerprint density at radius 3 is 2.57 bits per heavy atom. The van der Waals surface area contributed by atoms with E-state index in [-0.39, 0.29) is 5.69 Å². The summed E-state index contributed by atoms with van der Waals surface area (Å²) in [6.45, 7) is 0. The molecule has 1 aromatic rings. The molecule has 7 heavy (non-hydrogen) atoms. The topological polar surface area (TPSA) is 53.1 Å². The van der Waals surface area contributed by atoms with E-state index in [1.165, 1.54) is 11.5 Å². The Morgan fingerprint density at radius 2 is 2.57 bits per heavy atom. The van der Waals surface area contributed by atoms with Gasteiger partial charge in [0.1, 0.15) is 5.69 Å². The number of carboxylic acids is 1. The summed E-state index contributed by atoms with van der Waals surface area (Å²) in [6.07, 6.45) is 0. The van der Waals surface area contributed by atoms with Gasteiger partial charge < -0.3 is 9.48 Å². The molecule has 0 aliphatic rings. The van der Waals surface area contributed by atoms with Crippen LogP contribution >= 0.6 is 11.5 Å². The fraction of sp³-hybridized carbons (Fsp3) is 0. The highest BCUT2D eigenvalue weighted by Crippen LogP contribution is 2.00. The van der Waals surface area contributed by atoms with Crippen LogP contribution in [0.25, 0.3) is 0 Å². The minimum Gasteiger partial charge on any atom is -0.477 e. The molecule has 38 valence electrons. The van der Waals surface area contributed by atoms with Crippen molar-refractivity contribution in [2.45, 2.75) is 0 Å². The maximum absolute atomic E-state index is 9.84. The fourth-order valence-corrected chi connectivity index (χ4v) is 0.636. The zero-order valence-corrected chi connectivity index (χ0v) is 4.16. The summed E-state index contributed by atoms with van der Waals surface area (Å²) in [6, 6.07) is 0. The molecule has 0 amide bonds. The predicted molar refractivity (Wildman–Crippen MR) is 25.6 cm³/mol. The molecule has 0 bridgehead atoms. The van der Waals surface area contributed by atoms with Crippen molar-refractivity contribution in [2.24, 2.45) is 0 Å². The third-order valence-corrected chi connectivity index (χ3v) is 1.27. The normalized spacial score (nSPS) is 9.14. The first-order valence-corrected chi connectivity index (χ1v) is 2.54. The molecule has 0 saturated carbocycles. The van der Waals surface area contributed by atoms with Crippen LogP contribution in [-0.2, 0) is 0 Å². The number of hydrogen-bond acceptors (Lipinski definition) is 2. The Hall–Kier alpha value is -0.770. The molecule has 0 unspecified atom stereocenters. The number of aromatic amines is 1. The van der Waals surface area contributed by atoms with Crippen LogP contribution in [0.1, 0.15) is 10.5 Å². The zero-order valence-electron chi connectivity index (χ0n) is 3.34. The fourth-order valence-electron chi connectivity index (χ4n) is 0.212. The van der Waals surface area contributed by atoms with E-state index in [1.807, 2.05) is 0 Å². The van der Waals surface area contributed by atoms with Crippen molar-refractivity contribution in [3.8, 4) is 0 Å². The lowest BCUT2D eigenvalue weighted by atomic mass is 10.5. The minimum absolute atomic E-state index is 0.282. The molecule has 0 aromatic carbocycles. The predicted octanol–water partition coefficient (Wildman–Crippen LogP) is 0.774. The largest absolute Gasteiger partial charge is 0.477 e. The lowest BCUT2D eigenvalue weighted by Gasteiger charge is -1.91. The van der Waals surface area contributed by atoms with Crippen molar-refractivity contribution >= 4 is 17.5 Å². The number of H-pyrrole nitrogens is 1. The molecule has 1 heterocycles. The number of carboxylic acid groups (broad SMARTS) is 1. The standard InChI is InChI=1S/C3H3NO2S/c5-3(6)2-1-7-4-2/h1,4H,(H,5,6). The van der Waals surface area contributed by atoms with Crippen LogP contribution in [0.5, 0.6) is 0 Å². The molecule has 1 aromatic heterocycles. The number of aromatic nitrogens is 1. The maximum atomic E-state index is 9.84. The van der Waals surface area contributed by atoms with E-state index in [4.69, 9.17) is 5.11 Å². The average Bonchev–Trinajstić information content (AvgIpc) is 1.23. The van der Waals surface area contributed by atoms with Gasteiger partial charge in [0.05, 0.1) is 0 Å². The van der Waals surface area contributed by atoms with Gasteiger partial charge in [-0.1, -0.05) is 11.5 Å². The Labute approximate surface area is 43.7 Å². The monoisotopic (exact) mass is 117 g/mol. The quantitative estimate of drug-likeness (QED) is 0.571. The smallest absolute Gasteiger partial charge is 0.354 e. The van der Waals surface area contributed by atoms with Gasteiger partial charge in [-0.3, -0.25) is 0 Å². The molecule has 0 aliphatic heterocycles. The average molecular weight is 117 g/mol. The Morgan fingerprint density at radius 1 is 2.00 bits per heavy atom. The minimum atomic E-state index is -0.890. The summed E-state index contributed by atoms with van der Waals surface area (Å²) >= 11 is 1.28. The maximum Gasteiger partial charge on any atom is 0.354 e. The van der Waals surface area contributed by atoms with Gasteiger partial charge in [-0.2, -0.15) is 0 Å². The molecule has 0 aliphatic carbocycles. The van der Waals surface area contributed by atoms with Crippen LogP contribution in [0.3, 0.4) is 0 Å². The Bertz CT molecular complexity index is 157. The molecular weight excluding hydrogens is 114 g/mol. The van der Waals surface area contributed by atoms with Crippen LogP contribution in [0.2, 0.25) is 0 Å². The SMILES string of the molecule is O=C(O)c1cs[nH]1. The molecule has 1 rings (SSSR count). The molecule has 0 radical (unpaired) electrons. The molecule has 3 nitrogen and oxygen atoms in total. The Balaban J connectivity index is 2.73. The first-order valence-electron chi connectivity index (χ1n) is 1.66. The third kappa shape index (κ3) is 0.640. The lowest BCUT2D eigenvalue weighted by Crippen LogP contribution is -1.98. The van der Waals surface area contributed by atoms with E-state index in [2.05, 4.69) is 4.37 Å². The second-order valence-electron chi connectivity index (χ2n) is 1.06. The van der Waals surface area contributed by atoms with Gasteiger partial charge in [-0.05, 0) is 0 Å². The van der Waals surface area contributed by atoms with E-state index in [0.29, 0.717) is 0 Å². The van der Waals surface area contributed by atoms with Gasteiger partial charge in [-0.25, -0.2) is 4.79 Å². The van der Waals surface area contributed by atoms with E-state index in [1.54, 1.807) is 5.38 Å². The first-order chi connectivity index (χ1) is 3.30. The summed E-state index contributed by atoms with van der Waals surface area (Å²) in [4.78, 5) is 9.84. The zero-order chi connectivity index (χ0) is 5.28. The summed E-state index contributed by atoms with van der Waals surface area (Å²) in [5, 5.41) is 9.63. The summed E-state index contributed by atoms with van der Waals surface area (Å²) in [5.41, 5.74) is 0.282. The van der Waals surface area contributed by atoms with E-state index in [9.17, 15) is 4.79 Å². The van der Waals surface area contributed by atoms with Crippen LogP contribution < -0.4 is 0 Å². The highest BCUT2D eigenvalue weighted by molar-refractivity contribution is 7.05. The highest BCUT2D eigenvalue weighted by Gasteiger charge is 2.01. The van der Waals surface area contributed by atoms with Gasteiger partial charge in [0, 0.05) is 5.38 Å². The molecule has 0 spiro atoms. The van der Waals surface area contributed by atoms with Crippen LogP contribution in [0.15, 0.2) is 5.38 Å². The van der Waals surface area contributed by atoms with E-state index in [0.717, 1.165) is 0 Å². The van der Waals surface area contributed by atoms with Crippen molar-refractivity contribution in [3.05, 3.63) is 11.1 Å². The molecule has 2 N–H and O–H groups in total. The summed E-state index contributed by atoms with van der Waals surface area (Å²) in [5.74, 6) is -0.890. The van der Waals surface area contributed by atoms with Crippen molar-refractivity contribution in [1.29, 1.82) is 0 Å².